The quantitative estimate of drug-likeness (QED) is 0.672. The van der Waals surface area contributed by atoms with Gasteiger partial charge in [-0.1, -0.05) is 29.8 Å². The number of hydrogen-bond acceptors (Lipinski definition) is 3. The summed E-state index contributed by atoms with van der Waals surface area (Å²) < 4.78 is 10.7. The predicted octanol–water partition coefficient (Wildman–Crippen LogP) is 4.04. The number of hydrogen-bond donors (Lipinski definition) is 1. The van der Waals surface area contributed by atoms with E-state index in [0.29, 0.717) is 12.4 Å². The standard InChI is InChI=1S/C14H15NO2.ClH/c1-3-16-14(15)13-9-8-12(17-13)11-6-4-10(2)5-7-11;/h4-9,15H,3H2,1-2H3;1H. The summed E-state index contributed by atoms with van der Waals surface area (Å²) in [4.78, 5) is 0. The van der Waals surface area contributed by atoms with Crippen molar-refractivity contribution in [3.05, 3.63) is 47.7 Å². The van der Waals surface area contributed by atoms with Crippen LogP contribution in [0.3, 0.4) is 0 Å². The van der Waals surface area contributed by atoms with E-state index in [1.807, 2.05) is 44.2 Å². The minimum atomic E-state index is 0. The van der Waals surface area contributed by atoms with Gasteiger partial charge in [0, 0.05) is 5.56 Å². The Hall–Kier alpha value is -1.74. The topological polar surface area (TPSA) is 46.2 Å². The largest absolute Gasteiger partial charge is 0.476 e. The summed E-state index contributed by atoms with van der Waals surface area (Å²) in [6, 6.07) is 11.7. The first-order chi connectivity index (χ1) is 8.20. The minimum absolute atomic E-state index is 0. The van der Waals surface area contributed by atoms with E-state index in [1.54, 1.807) is 6.07 Å². The zero-order valence-corrected chi connectivity index (χ0v) is 11.2. The molecule has 1 N–H and O–H groups in total. The minimum Gasteiger partial charge on any atom is -0.476 e. The molecule has 1 aromatic carbocycles. The molecule has 0 atom stereocenters. The highest BCUT2D eigenvalue weighted by atomic mass is 35.5. The lowest BCUT2D eigenvalue weighted by Gasteiger charge is -2.01. The number of ether oxygens (including phenoxy) is 1. The van der Waals surface area contributed by atoms with Gasteiger partial charge < -0.3 is 9.15 Å². The number of aryl methyl sites for hydroxylation is 1. The van der Waals surface area contributed by atoms with Crippen molar-refractivity contribution in [1.82, 2.24) is 0 Å². The van der Waals surface area contributed by atoms with Crippen molar-refractivity contribution in [3.63, 3.8) is 0 Å². The molecule has 0 saturated heterocycles. The van der Waals surface area contributed by atoms with Gasteiger partial charge in [0.1, 0.15) is 5.76 Å². The van der Waals surface area contributed by atoms with Gasteiger partial charge in [-0.15, -0.1) is 12.4 Å². The summed E-state index contributed by atoms with van der Waals surface area (Å²) in [5.41, 5.74) is 2.22. The van der Waals surface area contributed by atoms with Gasteiger partial charge in [0.15, 0.2) is 5.76 Å². The van der Waals surface area contributed by atoms with Crippen LogP contribution in [-0.2, 0) is 4.74 Å². The first kappa shape index (κ1) is 14.3. The molecule has 18 heavy (non-hydrogen) atoms. The molecule has 1 heterocycles. The normalized spacial score (nSPS) is 9.67. The molecule has 0 saturated carbocycles. The van der Waals surface area contributed by atoms with Gasteiger partial charge in [0.2, 0.25) is 5.90 Å². The average Bonchev–Trinajstić information content (AvgIpc) is 2.80. The maximum atomic E-state index is 7.62. The van der Waals surface area contributed by atoms with Gasteiger partial charge in [-0.05, 0) is 26.0 Å². The van der Waals surface area contributed by atoms with Crippen LogP contribution in [0.15, 0.2) is 40.8 Å². The summed E-state index contributed by atoms with van der Waals surface area (Å²) in [6.45, 7) is 4.36. The molecular weight excluding hydrogens is 250 g/mol. The number of halogens is 1. The summed E-state index contributed by atoms with van der Waals surface area (Å²) >= 11 is 0. The molecule has 0 radical (unpaired) electrons. The number of benzene rings is 1. The molecule has 0 bridgehead atoms. The smallest absolute Gasteiger partial charge is 0.250 e. The molecule has 0 aliphatic carbocycles. The van der Waals surface area contributed by atoms with E-state index in [2.05, 4.69) is 0 Å². The van der Waals surface area contributed by atoms with E-state index in [9.17, 15) is 0 Å². The van der Waals surface area contributed by atoms with Gasteiger partial charge >= 0.3 is 0 Å². The zero-order chi connectivity index (χ0) is 12.3. The molecule has 0 aliphatic rings. The predicted molar refractivity (Wildman–Crippen MR) is 74.6 cm³/mol. The summed E-state index contributed by atoms with van der Waals surface area (Å²) in [5.74, 6) is 1.29. The highest BCUT2D eigenvalue weighted by molar-refractivity contribution is 5.89. The Morgan fingerprint density at radius 1 is 1.17 bits per heavy atom. The first-order valence-corrected chi connectivity index (χ1v) is 5.59. The lowest BCUT2D eigenvalue weighted by Crippen LogP contribution is -2.02. The SMILES string of the molecule is CCOC(=N)c1ccc(-c2ccc(C)cc2)o1.Cl. The van der Waals surface area contributed by atoms with Gasteiger partial charge in [-0.3, -0.25) is 5.41 Å². The Balaban J connectivity index is 0.00000162. The van der Waals surface area contributed by atoms with E-state index in [0.717, 1.165) is 11.3 Å². The van der Waals surface area contributed by atoms with E-state index < -0.39 is 0 Å². The monoisotopic (exact) mass is 265 g/mol. The Morgan fingerprint density at radius 3 is 2.44 bits per heavy atom. The molecule has 2 rings (SSSR count). The second-order valence-electron chi connectivity index (χ2n) is 3.79. The van der Waals surface area contributed by atoms with E-state index in [-0.39, 0.29) is 18.3 Å². The lowest BCUT2D eigenvalue weighted by molar-refractivity contribution is 0.316. The van der Waals surface area contributed by atoms with Crippen molar-refractivity contribution in [2.45, 2.75) is 13.8 Å². The first-order valence-electron chi connectivity index (χ1n) is 5.59. The third-order valence-electron chi connectivity index (χ3n) is 2.45. The number of furan rings is 1. The molecular formula is C14H16ClNO2. The molecule has 0 aliphatic heterocycles. The van der Waals surface area contributed by atoms with Gasteiger partial charge in [0.05, 0.1) is 6.61 Å². The van der Waals surface area contributed by atoms with E-state index >= 15 is 0 Å². The third-order valence-corrected chi connectivity index (χ3v) is 2.45. The maximum Gasteiger partial charge on any atom is 0.250 e. The second kappa shape index (κ2) is 6.26. The summed E-state index contributed by atoms with van der Waals surface area (Å²) in [5, 5.41) is 7.62. The van der Waals surface area contributed by atoms with Crippen LogP contribution in [0.25, 0.3) is 11.3 Å². The second-order valence-corrected chi connectivity index (χ2v) is 3.79. The third kappa shape index (κ3) is 3.14. The molecule has 1 aromatic heterocycles. The average molecular weight is 266 g/mol. The molecule has 0 amide bonds. The van der Waals surface area contributed by atoms with Crippen LogP contribution in [0.1, 0.15) is 18.2 Å². The zero-order valence-electron chi connectivity index (χ0n) is 10.4. The Labute approximate surface area is 113 Å². The van der Waals surface area contributed by atoms with Gasteiger partial charge in [0.25, 0.3) is 0 Å². The molecule has 2 aromatic rings. The van der Waals surface area contributed by atoms with Crippen molar-refractivity contribution < 1.29 is 9.15 Å². The van der Waals surface area contributed by atoms with Gasteiger partial charge in [-0.25, -0.2) is 0 Å². The van der Waals surface area contributed by atoms with Crippen molar-refractivity contribution >= 4 is 18.3 Å². The van der Waals surface area contributed by atoms with Crippen molar-refractivity contribution in [3.8, 4) is 11.3 Å². The fourth-order valence-electron chi connectivity index (χ4n) is 1.55. The highest BCUT2D eigenvalue weighted by Crippen LogP contribution is 2.22. The molecule has 0 spiro atoms. The van der Waals surface area contributed by atoms with Crippen LogP contribution in [-0.4, -0.2) is 12.5 Å². The van der Waals surface area contributed by atoms with Gasteiger partial charge in [-0.2, -0.15) is 0 Å². The highest BCUT2D eigenvalue weighted by Gasteiger charge is 2.09. The maximum absolute atomic E-state index is 7.62. The van der Waals surface area contributed by atoms with Crippen molar-refractivity contribution in [2.24, 2.45) is 0 Å². The molecule has 4 heteroatoms. The van der Waals surface area contributed by atoms with Crippen LogP contribution in [0.5, 0.6) is 0 Å². The van der Waals surface area contributed by atoms with Crippen molar-refractivity contribution in [1.29, 1.82) is 5.41 Å². The lowest BCUT2D eigenvalue weighted by atomic mass is 10.1. The van der Waals surface area contributed by atoms with Crippen LogP contribution in [0.4, 0.5) is 0 Å². The van der Waals surface area contributed by atoms with Crippen LogP contribution >= 0.6 is 12.4 Å². The molecule has 3 nitrogen and oxygen atoms in total. The Bertz CT molecular complexity index is 517. The Morgan fingerprint density at radius 2 is 1.83 bits per heavy atom. The van der Waals surface area contributed by atoms with Crippen LogP contribution in [0, 0.1) is 12.3 Å². The number of nitrogens with one attached hydrogen (secondary N) is 1. The molecule has 96 valence electrons. The number of rotatable bonds is 3. The summed E-state index contributed by atoms with van der Waals surface area (Å²) in [7, 11) is 0. The summed E-state index contributed by atoms with van der Waals surface area (Å²) in [6.07, 6.45) is 0. The fourth-order valence-corrected chi connectivity index (χ4v) is 1.55. The van der Waals surface area contributed by atoms with Crippen LogP contribution in [0.2, 0.25) is 0 Å². The van der Waals surface area contributed by atoms with E-state index in [1.165, 1.54) is 5.56 Å². The molecule has 0 fully saturated rings. The van der Waals surface area contributed by atoms with Crippen molar-refractivity contribution in [2.75, 3.05) is 6.61 Å². The fraction of sp³-hybridized carbons (Fsp3) is 0.214. The van der Waals surface area contributed by atoms with Crippen LogP contribution < -0.4 is 0 Å². The molecule has 0 unspecified atom stereocenters. The Kier molecular flexibility index (Phi) is 4.98. The van der Waals surface area contributed by atoms with E-state index in [4.69, 9.17) is 14.6 Å².